The molecule has 0 aromatic heterocycles. The van der Waals surface area contributed by atoms with Gasteiger partial charge in [-0.3, -0.25) is 0 Å². The monoisotopic (exact) mass is 345 g/mol. The van der Waals surface area contributed by atoms with Gasteiger partial charge in [-0.15, -0.1) is 0 Å². The van der Waals surface area contributed by atoms with Crippen molar-refractivity contribution in [2.75, 3.05) is 44.8 Å². The number of hydrogen-bond acceptors (Lipinski definition) is 3. The summed E-state index contributed by atoms with van der Waals surface area (Å²) < 4.78 is 24.9. The summed E-state index contributed by atoms with van der Waals surface area (Å²) in [4.78, 5) is 3.64. The van der Waals surface area contributed by atoms with Crippen LogP contribution in [-0.2, 0) is 6.54 Å². The van der Waals surface area contributed by atoms with Gasteiger partial charge in [0.2, 0.25) is 0 Å². The third kappa shape index (κ3) is 4.23. The lowest BCUT2D eigenvalue weighted by Gasteiger charge is -2.33. The van der Waals surface area contributed by atoms with Crippen LogP contribution in [0.3, 0.4) is 0 Å². The van der Waals surface area contributed by atoms with E-state index in [1.54, 1.807) is 13.2 Å². The molecule has 134 valence electrons. The number of para-hydroxylation sites is 1. The van der Waals surface area contributed by atoms with E-state index < -0.39 is 0 Å². The molecular weight excluding hydrogens is 319 g/mol. The van der Waals surface area contributed by atoms with Crippen LogP contribution in [0.1, 0.15) is 12.5 Å². The third-order valence-electron chi connectivity index (χ3n) is 4.65. The van der Waals surface area contributed by atoms with Gasteiger partial charge in [-0.1, -0.05) is 12.1 Å². The number of piperazine rings is 1. The second-order valence-corrected chi connectivity index (χ2v) is 6.28. The SMILES string of the molecule is CCOc1cc(C[NH+]2CCN(c3ccccc3F)CC2)ccc1OC. The van der Waals surface area contributed by atoms with E-state index in [1.807, 2.05) is 25.1 Å². The van der Waals surface area contributed by atoms with Crippen molar-refractivity contribution < 1.29 is 18.8 Å². The van der Waals surface area contributed by atoms with Gasteiger partial charge < -0.3 is 19.3 Å². The number of quaternary nitrogens is 1. The smallest absolute Gasteiger partial charge is 0.161 e. The van der Waals surface area contributed by atoms with Crippen molar-refractivity contribution in [1.82, 2.24) is 0 Å². The summed E-state index contributed by atoms with van der Waals surface area (Å²) in [7, 11) is 1.66. The van der Waals surface area contributed by atoms with Gasteiger partial charge >= 0.3 is 0 Å². The first kappa shape index (κ1) is 17.5. The molecule has 3 rings (SSSR count). The summed E-state index contributed by atoms with van der Waals surface area (Å²) in [5.74, 6) is 1.43. The van der Waals surface area contributed by atoms with E-state index in [-0.39, 0.29) is 5.82 Å². The molecular formula is C20H26FN2O2+. The van der Waals surface area contributed by atoms with Gasteiger partial charge in [-0.25, -0.2) is 4.39 Å². The molecule has 0 radical (unpaired) electrons. The average molecular weight is 345 g/mol. The Bertz CT molecular complexity index is 700. The number of rotatable bonds is 6. The van der Waals surface area contributed by atoms with Crippen LogP contribution in [0.15, 0.2) is 42.5 Å². The number of halogens is 1. The van der Waals surface area contributed by atoms with E-state index in [2.05, 4.69) is 17.0 Å². The molecule has 4 nitrogen and oxygen atoms in total. The number of benzene rings is 2. The second kappa shape index (κ2) is 8.21. The predicted molar refractivity (Wildman–Crippen MR) is 97.2 cm³/mol. The Hall–Kier alpha value is -2.27. The van der Waals surface area contributed by atoms with Gasteiger partial charge in [0.05, 0.1) is 45.6 Å². The Morgan fingerprint density at radius 3 is 2.52 bits per heavy atom. The lowest BCUT2D eigenvalue weighted by atomic mass is 10.1. The van der Waals surface area contributed by atoms with Crippen molar-refractivity contribution >= 4 is 5.69 Å². The molecule has 0 aliphatic carbocycles. The van der Waals surface area contributed by atoms with Crippen molar-refractivity contribution in [3.8, 4) is 11.5 Å². The van der Waals surface area contributed by atoms with Crippen LogP contribution < -0.4 is 19.3 Å². The summed E-state index contributed by atoms with van der Waals surface area (Å²) in [6.45, 7) is 7.24. The van der Waals surface area contributed by atoms with Crippen molar-refractivity contribution in [2.45, 2.75) is 13.5 Å². The molecule has 0 amide bonds. The number of nitrogens with zero attached hydrogens (tertiary/aromatic N) is 1. The molecule has 2 aromatic carbocycles. The van der Waals surface area contributed by atoms with E-state index in [4.69, 9.17) is 9.47 Å². The van der Waals surface area contributed by atoms with Gasteiger partial charge in [0.25, 0.3) is 0 Å². The molecule has 0 saturated carbocycles. The van der Waals surface area contributed by atoms with Crippen molar-refractivity contribution in [3.63, 3.8) is 0 Å². The first-order valence-corrected chi connectivity index (χ1v) is 8.84. The lowest BCUT2D eigenvalue weighted by Crippen LogP contribution is -3.13. The minimum atomic E-state index is -0.137. The molecule has 2 aromatic rings. The van der Waals surface area contributed by atoms with Crippen LogP contribution in [-0.4, -0.2) is 39.9 Å². The molecule has 1 fully saturated rings. The normalized spacial score (nSPS) is 15.2. The molecule has 0 atom stereocenters. The maximum Gasteiger partial charge on any atom is 0.161 e. The topological polar surface area (TPSA) is 26.1 Å². The highest BCUT2D eigenvalue weighted by Crippen LogP contribution is 2.27. The fraction of sp³-hybridized carbons (Fsp3) is 0.400. The highest BCUT2D eigenvalue weighted by atomic mass is 19.1. The van der Waals surface area contributed by atoms with Crippen LogP contribution in [0.4, 0.5) is 10.1 Å². The summed E-state index contributed by atoms with van der Waals surface area (Å²) in [6.07, 6.45) is 0. The zero-order chi connectivity index (χ0) is 17.6. The molecule has 25 heavy (non-hydrogen) atoms. The Labute approximate surface area is 148 Å². The summed E-state index contributed by atoms with van der Waals surface area (Å²) >= 11 is 0. The molecule has 1 N–H and O–H groups in total. The fourth-order valence-corrected chi connectivity index (χ4v) is 3.34. The lowest BCUT2D eigenvalue weighted by molar-refractivity contribution is -0.914. The number of anilines is 1. The number of hydrogen-bond donors (Lipinski definition) is 1. The summed E-state index contributed by atoms with van der Waals surface area (Å²) in [6, 6.07) is 13.1. The highest BCUT2D eigenvalue weighted by molar-refractivity contribution is 5.47. The molecule has 1 heterocycles. The van der Waals surface area contributed by atoms with Gasteiger partial charge in [-0.2, -0.15) is 0 Å². The van der Waals surface area contributed by atoms with E-state index >= 15 is 0 Å². The molecule has 5 heteroatoms. The van der Waals surface area contributed by atoms with Gasteiger partial charge in [-0.05, 0) is 37.3 Å². The molecule has 1 aliphatic rings. The minimum absolute atomic E-state index is 0.137. The fourth-order valence-electron chi connectivity index (χ4n) is 3.34. The van der Waals surface area contributed by atoms with Crippen LogP contribution in [0.5, 0.6) is 11.5 Å². The summed E-state index contributed by atoms with van der Waals surface area (Å²) in [5, 5.41) is 0. The largest absolute Gasteiger partial charge is 0.493 e. The molecule has 0 spiro atoms. The Morgan fingerprint density at radius 2 is 1.84 bits per heavy atom. The van der Waals surface area contributed by atoms with E-state index in [0.717, 1.165) is 44.2 Å². The average Bonchev–Trinajstić information content (AvgIpc) is 2.64. The quantitative estimate of drug-likeness (QED) is 0.869. The standard InChI is InChI=1S/C20H25FN2O2/c1-3-25-20-14-16(8-9-19(20)24-2)15-22-10-12-23(13-11-22)18-7-5-4-6-17(18)21/h4-9,14H,3,10-13,15H2,1-2H3/p+1. The van der Waals surface area contributed by atoms with Crippen molar-refractivity contribution in [2.24, 2.45) is 0 Å². The summed E-state index contributed by atoms with van der Waals surface area (Å²) in [5.41, 5.74) is 1.95. The van der Waals surface area contributed by atoms with Gasteiger partial charge in [0, 0.05) is 5.56 Å². The van der Waals surface area contributed by atoms with Crippen LogP contribution in [0.25, 0.3) is 0 Å². The number of ether oxygens (including phenoxy) is 2. The predicted octanol–water partition coefficient (Wildman–Crippen LogP) is 2.14. The minimum Gasteiger partial charge on any atom is -0.493 e. The molecule has 0 bridgehead atoms. The van der Waals surface area contributed by atoms with Crippen LogP contribution >= 0.6 is 0 Å². The maximum atomic E-state index is 13.9. The van der Waals surface area contributed by atoms with Crippen molar-refractivity contribution in [1.29, 1.82) is 0 Å². The van der Waals surface area contributed by atoms with E-state index in [1.165, 1.54) is 16.5 Å². The third-order valence-corrected chi connectivity index (χ3v) is 4.65. The Morgan fingerprint density at radius 1 is 1.08 bits per heavy atom. The number of methoxy groups -OCH3 is 1. The van der Waals surface area contributed by atoms with Crippen LogP contribution in [0.2, 0.25) is 0 Å². The zero-order valence-electron chi connectivity index (χ0n) is 14.9. The van der Waals surface area contributed by atoms with Gasteiger partial charge in [0.15, 0.2) is 11.5 Å². The van der Waals surface area contributed by atoms with Crippen LogP contribution in [0, 0.1) is 5.82 Å². The van der Waals surface area contributed by atoms with Crippen molar-refractivity contribution in [3.05, 3.63) is 53.8 Å². The number of nitrogens with one attached hydrogen (secondary N) is 1. The van der Waals surface area contributed by atoms with Gasteiger partial charge in [0.1, 0.15) is 12.4 Å². The molecule has 0 unspecified atom stereocenters. The highest BCUT2D eigenvalue weighted by Gasteiger charge is 2.22. The Kier molecular flexibility index (Phi) is 5.76. The molecule has 1 aliphatic heterocycles. The second-order valence-electron chi connectivity index (χ2n) is 6.28. The first-order chi connectivity index (χ1) is 12.2. The Balaban J connectivity index is 1.61. The van der Waals surface area contributed by atoms with E-state index in [9.17, 15) is 4.39 Å². The first-order valence-electron chi connectivity index (χ1n) is 8.84. The van der Waals surface area contributed by atoms with E-state index in [0.29, 0.717) is 12.3 Å². The maximum absolute atomic E-state index is 13.9. The zero-order valence-corrected chi connectivity index (χ0v) is 14.9. The molecule has 1 saturated heterocycles.